The maximum absolute atomic E-state index is 16.3. The number of amides is 1. The van der Waals surface area contributed by atoms with E-state index in [9.17, 15) is 4.79 Å². The third kappa shape index (κ3) is 3.91. The zero-order valence-corrected chi connectivity index (χ0v) is 23.7. The van der Waals surface area contributed by atoms with E-state index in [0.717, 1.165) is 86.5 Å². The molecule has 3 aromatic rings. The van der Waals surface area contributed by atoms with Gasteiger partial charge in [0.1, 0.15) is 5.01 Å². The Morgan fingerprint density at radius 1 is 1.12 bits per heavy atom. The number of ether oxygens (including phenoxy) is 1. The molecule has 0 saturated heterocycles. The van der Waals surface area contributed by atoms with E-state index in [1.807, 2.05) is 11.4 Å². The van der Waals surface area contributed by atoms with Gasteiger partial charge in [-0.3, -0.25) is 4.79 Å². The molecule has 7 aliphatic carbocycles. The highest BCUT2D eigenvalue weighted by atomic mass is 32.1. The smallest absolute Gasteiger partial charge is 0.232 e. The highest BCUT2D eigenvalue weighted by Crippen LogP contribution is 2.65. The molecule has 1 amide bonds. The van der Waals surface area contributed by atoms with E-state index in [1.165, 1.54) is 24.2 Å². The van der Waals surface area contributed by atoms with Gasteiger partial charge in [0.2, 0.25) is 11.8 Å². The number of carbonyl (C=O) groups excluding carboxylic acids is 1. The number of thiazole rings is 1. The van der Waals surface area contributed by atoms with Crippen LogP contribution in [0.1, 0.15) is 98.8 Å². The molecule has 0 spiro atoms. The van der Waals surface area contributed by atoms with Gasteiger partial charge in [-0.2, -0.15) is 4.98 Å². The topological polar surface area (TPSA) is 90.1 Å². The molecule has 7 nitrogen and oxygen atoms in total. The van der Waals surface area contributed by atoms with Crippen LogP contribution in [0.2, 0.25) is 0 Å². The minimum Gasteiger partial charge on any atom is -0.378 e. The molecule has 210 valence electrons. The molecule has 7 aliphatic rings. The van der Waals surface area contributed by atoms with E-state index >= 15 is 4.39 Å². The summed E-state index contributed by atoms with van der Waals surface area (Å²) in [4.78, 5) is 22.6. The van der Waals surface area contributed by atoms with Crippen LogP contribution in [0.5, 0.6) is 0 Å². The fourth-order valence-corrected chi connectivity index (χ4v) is 8.73. The second-order valence-corrected chi connectivity index (χ2v) is 14.4. The highest BCUT2D eigenvalue weighted by molar-refractivity contribution is 7.09. The fraction of sp³-hybridized carbons (Fsp3) is 0.613. The van der Waals surface area contributed by atoms with Gasteiger partial charge in [-0.15, -0.1) is 11.3 Å². The molecule has 9 heteroatoms. The Labute approximate surface area is 237 Å². The Morgan fingerprint density at radius 2 is 1.88 bits per heavy atom. The normalized spacial score (nSPS) is 32.0. The first kappa shape index (κ1) is 25.1. The van der Waals surface area contributed by atoms with Crippen LogP contribution in [0, 0.1) is 22.6 Å². The Bertz CT molecular complexity index is 1450. The van der Waals surface area contributed by atoms with Crippen molar-refractivity contribution in [3.05, 3.63) is 45.6 Å². The van der Waals surface area contributed by atoms with Gasteiger partial charge >= 0.3 is 0 Å². The van der Waals surface area contributed by atoms with Crippen molar-refractivity contribution in [1.29, 1.82) is 0 Å². The van der Waals surface area contributed by atoms with Crippen molar-refractivity contribution in [2.45, 2.75) is 95.0 Å². The number of anilines is 1. The molecule has 40 heavy (non-hydrogen) atoms. The average Bonchev–Trinajstić information content (AvgIpc) is 3.44. The molecule has 0 radical (unpaired) electrons. The number of hydrogen-bond acceptors (Lipinski definition) is 7. The molecule has 0 atom stereocenters. The SMILES string of the molecule is COCc1nc(-c2c(CC34CCC(c5nc(C6CC6)no5)(CC3)CC4)ccc(NC(=O)C34CC(C3)C4)c2F)cs1. The maximum atomic E-state index is 16.3. The molecule has 10 rings (SSSR count). The van der Waals surface area contributed by atoms with Crippen molar-refractivity contribution in [2.24, 2.45) is 16.7 Å². The number of fused-ring (bicyclic) bond motifs is 3. The van der Waals surface area contributed by atoms with Crippen LogP contribution < -0.4 is 5.32 Å². The first-order chi connectivity index (χ1) is 19.4. The zero-order chi connectivity index (χ0) is 27.1. The van der Waals surface area contributed by atoms with E-state index < -0.39 is 0 Å². The van der Waals surface area contributed by atoms with Crippen molar-refractivity contribution in [3.63, 3.8) is 0 Å². The van der Waals surface area contributed by atoms with E-state index in [-0.39, 0.29) is 33.7 Å². The van der Waals surface area contributed by atoms with Crippen LogP contribution in [-0.2, 0) is 28.0 Å². The Hall–Kier alpha value is -2.65. The lowest BCUT2D eigenvalue weighted by atomic mass is 9.44. The number of carbonyl (C=O) groups is 1. The maximum Gasteiger partial charge on any atom is 0.232 e. The standard InChI is InChI=1S/C31H35FN4O3S/c1-38-16-23-33-22(17-40-23)24-20(4-5-21(25(24)32)34-27(37)31-12-18(13-31)14-31)15-29-6-9-30(10-7-29,11-8-29)28-35-26(36-39-28)19-2-3-19/h4-5,17-19H,2-3,6-16H2,1H3,(H,34,37). The second kappa shape index (κ2) is 8.92. The number of benzene rings is 1. The molecular formula is C31H35FN4O3S. The first-order valence-electron chi connectivity index (χ1n) is 14.8. The molecule has 2 aromatic heterocycles. The lowest BCUT2D eigenvalue weighted by Gasteiger charge is -2.60. The second-order valence-electron chi connectivity index (χ2n) is 13.4. The third-order valence-electron chi connectivity index (χ3n) is 10.9. The molecule has 0 aliphatic heterocycles. The number of nitrogens with zero attached hydrogens (tertiary/aromatic N) is 3. The molecule has 7 saturated carbocycles. The first-order valence-corrected chi connectivity index (χ1v) is 15.7. The van der Waals surface area contributed by atoms with Crippen LogP contribution in [-0.4, -0.2) is 28.1 Å². The van der Waals surface area contributed by atoms with Crippen LogP contribution in [0.15, 0.2) is 22.0 Å². The summed E-state index contributed by atoms with van der Waals surface area (Å²) >= 11 is 1.48. The van der Waals surface area contributed by atoms with Crippen LogP contribution in [0.4, 0.5) is 10.1 Å². The van der Waals surface area contributed by atoms with E-state index in [4.69, 9.17) is 19.2 Å². The summed E-state index contributed by atoms with van der Waals surface area (Å²) < 4.78 is 27.4. The minimum absolute atomic E-state index is 0.00441. The molecular weight excluding hydrogens is 527 g/mol. The number of rotatable bonds is 9. The van der Waals surface area contributed by atoms with Crippen molar-refractivity contribution < 1.29 is 18.4 Å². The monoisotopic (exact) mass is 562 g/mol. The quantitative estimate of drug-likeness (QED) is 0.304. The zero-order valence-electron chi connectivity index (χ0n) is 22.9. The third-order valence-corrected chi connectivity index (χ3v) is 11.7. The van der Waals surface area contributed by atoms with Gasteiger partial charge in [0.05, 0.1) is 23.4 Å². The summed E-state index contributed by atoms with van der Waals surface area (Å²) in [6, 6.07) is 3.79. The van der Waals surface area contributed by atoms with Crippen molar-refractivity contribution in [3.8, 4) is 11.3 Å². The molecule has 2 heterocycles. The molecule has 1 N–H and O–H groups in total. The Kier molecular flexibility index (Phi) is 5.60. The van der Waals surface area contributed by atoms with Crippen molar-refractivity contribution in [1.82, 2.24) is 15.1 Å². The summed E-state index contributed by atoms with van der Waals surface area (Å²) in [7, 11) is 1.64. The predicted octanol–water partition coefficient (Wildman–Crippen LogP) is 6.93. The molecule has 0 unspecified atom stereocenters. The van der Waals surface area contributed by atoms with Crippen molar-refractivity contribution in [2.75, 3.05) is 12.4 Å². The van der Waals surface area contributed by atoms with Crippen LogP contribution in [0.3, 0.4) is 0 Å². The number of aromatic nitrogens is 3. The lowest BCUT2D eigenvalue weighted by Crippen LogP contribution is -2.58. The van der Waals surface area contributed by atoms with E-state index in [0.29, 0.717) is 29.7 Å². The van der Waals surface area contributed by atoms with Gasteiger partial charge in [-0.25, -0.2) is 9.37 Å². The van der Waals surface area contributed by atoms with Gasteiger partial charge < -0.3 is 14.6 Å². The Balaban J connectivity index is 1.07. The van der Waals surface area contributed by atoms with E-state index in [2.05, 4.69) is 10.5 Å². The van der Waals surface area contributed by atoms with Crippen LogP contribution >= 0.6 is 11.3 Å². The van der Waals surface area contributed by atoms with Crippen LogP contribution in [0.25, 0.3) is 11.3 Å². The molecule has 1 aromatic carbocycles. The average molecular weight is 563 g/mol. The summed E-state index contributed by atoms with van der Waals surface area (Å²) in [5.41, 5.74) is 2.23. The largest absolute Gasteiger partial charge is 0.378 e. The number of halogens is 1. The molecule has 7 fully saturated rings. The minimum atomic E-state index is -0.373. The van der Waals surface area contributed by atoms with Gasteiger partial charge in [0.25, 0.3) is 0 Å². The van der Waals surface area contributed by atoms with Gasteiger partial charge in [-0.05, 0) is 100 Å². The molecule has 4 bridgehead atoms. The van der Waals surface area contributed by atoms with Gasteiger partial charge in [-0.1, -0.05) is 11.2 Å². The number of nitrogens with one attached hydrogen (secondary N) is 1. The predicted molar refractivity (Wildman–Crippen MR) is 148 cm³/mol. The van der Waals surface area contributed by atoms with E-state index in [1.54, 1.807) is 13.2 Å². The van der Waals surface area contributed by atoms with Gasteiger partial charge in [0.15, 0.2) is 11.6 Å². The Morgan fingerprint density at radius 3 is 2.52 bits per heavy atom. The summed E-state index contributed by atoms with van der Waals surface area (Å²) in [5.74, 6) is 2.51. The highest BCUT2D eigenvalue weighted by Gasteiger charge is 2.61. The van der Waals surface area contributed by atoms with Crippen molar-refractivity contribution >= 4 is 22.9 Å². The fourth-order valence-electron chi connectivity index (χ4n) is 7.97. The summed E-state index contributed by atoms with van der Waals surface area (Å²) in [6.45, 7) is 0.395. The number of methoxy groups -OCH3 is 1. The lowest BCUT2D eigenvalue weighted by molar-refractivity contribution is -0.158. The summed E-state index contributed by atoms with van der Waals surface area (Å²) in [5, 5.41) is 9.98. The number of hydrogen-bond donors (Lipinski definition) is 1. The summed E-state index contributed by atoms with van der Waals surface area (Å²) in [6.07, 6.45) is 12.2. The van der Waals surface area contributed by atoms with Gasteiger partial charge in [0, 0.05) is 29.4 Å².